The summed E-state index contributed by atoms with van der Waals surface area (Å²) < 4.78 is 5.35. The van der Waals surface area contributed by atoms with Crippen LogP contribution < -0.4 is 10.6 Å². The van der Waals surface area contributed by atoms with Crippen molar-refractivity contribution in [2.45, 2.75) is 38.6 Å². The molecule has 2 amide bonds. The maximum atomic E-state index is 12.9. The number of esters is 1. The molecule has 3 rings (SSSR count). The third kappa shape index (κ3) is 4.82. The van der Waals surface area contributed by atoms with Crippen molar-refractivity contribution < 1.29 is 14.3 Å². The number of amides is 2. The Bertz CT molecular complexity index is 968. The smallest absolute Gasteiger partial charge is 0.338 e. The van der Waals surface area contributed by atoms with Crippen LogP contribution in [0.2, 0.25) is 0 Å². The van der Waals surface area contributed by atoms with Crippen molar-refractivity contribution in [3.63, 3.8) is 0 Å². The molecule has 152 valence electrons. The second kappa shape index (κ2) is 9.18. The van der Waals surface area contributed by atoms with Crippen LogP contribution in [0.3, 0.4) is 0 Å². The molecule has 0 radical (unpaired) electrons. The summed E-state index contributed by atoms with van der Waals surface area (Å²) in [5, 5.41) is 5.75. The molecule has 0 saturated carbocycles. The highest BCUT2D eigenvalue weighted by Crippen LogP contribution is 2.33. The van der Waals surface area contributed by atoms with Gasteiger partial charge in [-0.3, -0.25) is 0 Å². The molecule has 0 unspecified atom stereocenters. The van der Waals surface area contributed by atoms with Crippen LogP contribution in [0.1, 0.15) is 35.2 Å². The van der Waals surface area contributed by atoms with Crippen molar-refractivity contribution in [2.75, 3.05) is 12.4 Å². The number of aryl methyl sites for hydroxylation is 3. The van der Waals surface area contributed by atoms with Crippen LogP contribution in [0.25, 0.3) is 0 Å². The number of carbonyl (C=O) groups is 2. The van der Waals surface area contributed by atoms with E-state index >= 15 is 0 Å². The standard InChI is InChI=1S/C23H26N2O3S/c1-5-28-22(26)20-18(13-29-19-9-7-6-8-16(19)4)24-23(27)25-21(20)17-12-14(2)10-11-15(17)3/h6-12,21H,5,13H2,1-4H3,(H2,24,25,27)/t21-/m0/s1. The van der Waals surface area contributed by atoms with Crippen LogP contribution in [0, 0.1) is 20.8 Å². The molecule has 0 saturated heterocycles. The summed E-state index contributed by atoms with van der Waals surface area (Å²) in [6.45, 7) is 8.07. The number of nitrogens with one attached hydrogen (secondary N) is 2. The number of carbonyl (C=O) groups excluding carboxylic acids is 2. The molecule has 0 spiro atoms. The Hall–Kier alpha value is -2.73. The van der Waals surface area contributed by atoms with Crippen molar-refractivity contribution in [1.82, 2.24) is 10.6 Å². The minimum absolute atomic E-state index is 0.272. The molecule has 1 atom stereocenters. The van der Waals surface area contributed by atoms with Crippen molar-refractivity contribution in [1.29, 1.82) is 0 Å². The maximum absolute atomic E-state index is 12.9. The van der Waals surface area contributed by atoms with E-state index in [9.17, 15) is 9.59 Å². The summed E-state index contributed by atoms with van der Waals surface area (Å²) in [4.78, 5) is 26.4. The number of thioether (sulfide) groups is 1. The van der Waals surface area contributed by atoms with E-state index in [0.29, 0.717) is 17.0 Å². The second-order valence-electron chi connectivity index (χ2n) is 7.06. The van der Waals surface area contributed by atoms with Crippen LogP contribution in [0.5, 0.6) is 0 Å². The average Bonchev–Trinajstić information content (AvgIpc) is 2.69. The number of benzene rings is 2. The molecule has 6 heteroatoms. The largest absolute Gasteiger partial charge is 0.463 e. The van der Waals surface area contributed by atoms with Gasteiger partial charge < -0.3 is 15.4 Å². The first-order valence-electron chi connectivity index (χ1n) is 9.64. The summed E-state index contributed by atoms with van der Waals surface area (Å²) >= 11 is 1.59. The molecule has 1 aliphatic rings. The molecule has 1 aliphatic heterocycles. The third-order valence-corrected chi connectivity index (χ3v) is 6.06. The van der Waals surface area contributed by atoms with Gasteiger partial charge in [0.05, 0.1) is 18.2 Å². The Labute approximate surface area is 175 Å². The fourth-order valence-electron chi connectivity index (χ4n) is 3.35. The summed E-state index contributed by atoms with van der Waals surface area (Å²) in [6, 6.07) is 13.2. The quantitative estimate of drug-likeness (QED) is 0.541. The van der Waals surface area contributed by atoms with E-state index in [1.54, 1.807) is 18.7 Å². The molecule has 0 aromatic heterocycles. The molecule has 2 aromatic rings. The van der Waals surface area contributed by atoms with Crippen molar-refractivity contribution in [3.05, 3.63) is 76.0 Å². The number of ether oxygens (including phenoxy) is 1. The van der Waals surface area contributed by atoms with E-state index in [4.69, 9.17) is 4.74 Å². The van der Waals surface area contributed by atoms with Gasteiger partial charge in [-0.2, -0.15) is 0 Å². The zero-order valence-corrected chi connectivity index (χ0v) is 18.0. The minimum Gasteiger partial charge on any atom is -0.463 e. The Morgan fingerprint density at radius 2 is 1.86 bits per heavy atom. The van der Waals surface area contributed by atoms with Gasteiger partial charge in [0.2, 0.25) is 0 Å². The molecule has 0 fully saturated rings. The van der Waals surface area contributed by atoms with E-state index in [-0.39, 0.29) is 12.6 Å². The van der Waals surface area contributed by atoms with E-state index in [2.05, 4.69) is 10.6 Å². The zero-order valence-electron chi connectivity index (χ0n) is 17.2. The van der Waals surface area contributed by atoms with Crippen LogP contribution >= 0.6 is 11.8 Å². The van der Waals surface area contributed by atoms with Crippen LogP contribution in [0.15, 0.2) is 58.6 Å². The molecular weight excluding hydrogens is 384 g/mol. The zero-order chi connectivity index (χ0) is 21.0. The summed E-state index contributed by atoms with van der Waals surface area (Å²) in [7, 11) is 0. The van der Waals surface area contributed by atoms with Gasteiger partial charge in [-0.1, -0.05) is 42.0 Å². The van der Waals surface area contributed by atoms with Crippen molar-refractivity contribution in [3.8, 4) is 0 Å². The predicted octanol–water partition coefficient (Wildman–Crippen LogP) is 4.58. The topological polar surface area (TPSA) is 67.4 Å². The average molecular weight is 411 g/mol. The first-order valence-corrected chi connectivity index (χ1v) is 10.6. The van der Waals surface area contributed by atoms with E-state index in [1.807, 2.05) is 63.2 Å². The lowest BCUT2D eigenvalue weighted by atomic mass is 9.91. The van der Waals surface area contributed by atoms with Gasteiger partial charge in [0.25, 0.3) is 0 Å². The second-order valence-corrected chi connectivity index (χ2v) is 8.08. The Balaban J connectivity index is 2.03. The molecule has 1 heterocycles. The Morgan fingerprint density at radius 3 is 2.59 bits per heavy atom. The SMILES string of the molecule is CCOC(=O)C1=C(CSc2ccccc2C)NC(=O)N[C@H]1c1cc(C)ccc1C. The normalized spacial score (nSPS) is 16.3. The fourth-order valence-corrected chi connectivity index (χ4v) is 4.35. The fraction of sp³-hybridized carbons (Fsp3) is 0.304. The van der Waals surface area contributed by atoms with Gasteiger partial charge in [0, 0.05) is 16.3 Å². The predicted molar refractivity (Wildman–Crippen MR) is 116 cm³/mol. The van der Waals surface area contributed by atoms with Gasteiger partial charge in [0.1, 0.15) is 0 Å². The number of hydrogen-bond donors (Lipinski definition) is 2. The molecular formula is C23H26N2O3S. The monoisotopic (exact) mass is 410 g/mol. The van der Waals surface area contributed by atoms with E-state index < -0.39 is 12.0 Å². The summed E-state index contributed by atoms with van der Waals surface area (Å²) in [5.74, 6) is 0.0552. The number of hydrogen-bond acceptors (Lipinski definition) is 4. The molecule has 29 heavy (non-hydrogen) atoms. The third-order valence-electron chi connectivity index (χ3n) is 4.86. The van der Waals surface area contributed by atoms with Gasteiger partial charge in [-0.15, -0.1) is 11.8 Å². The van der Waals surface area contributed by atoms with Gasteiger partial charge >= 0.3 is 12.0 Å². The number of urea groups is 1. The van der Waals surface area contributed by atoms with Gasteiger partial charge in [-0.25, -0.2) is 9.59 Å². The highest BCUT2D eigenvalue weighted by molar-refractivity contribution is 7.99. The van der Waals surface area contributed by atoms with Crippen molar-refractivity contribution in [2.24, 2.45) is 0 Å². The van der Waals surface area contributed by atoms with Crippen LogP contribution in [-0.4, -0.2) is 24.4 Å². The highest BCUT2D eigenvalue weighted by atomic mass is 32.2. The van der Waals surface area contributed by atoms with Crippen LogP contribution in [-0.2, 0) is 9.53 Å². The van der Waals surface area contributed by atoms with E-state index in [1.165, 1.54) is 0 Å². The van der Waals surface area contributed by atoms with E-state index in [0.717, 1.165) is 27.1 Å². The van der Waals surface area contributed by atoms with Gasteiger partial charge in [0.15, 0.2) is 0 Å². The molecule has 0 aliphatic carbocycles. The lowest BCUT2D eigenvalue weighted by molar-refractivity contribution is -0.139. The summed E-state index contributed by atoms with van der Waals surface area (Å²) in [6.07, 6.45) is 0. The summed E-state index contributed by atoms with van der Waals surface area (Å²) in [5.41, 5.74) is 5.18. The lowest BCUT2D eigenvalue weighted by Gasteiger charge is -2.30. The highest BCUT2D eigenvalue weighted by Gasteiger charge is 2.34. The molecule has 0 bridgehead atoms. The Kier molecular flexibility index (Phi) is 6.64. The number of rotatable bonds is 6. The first kappa shape index (κ1) is 21.0. The van der Waals surface area contributed by atoms with Gasteiger partial charge in [-0.05, 0) is 50.5 Å². The first-order chi connectivity index (χ1) is 13.9. The van der Waals surface area contributed by atoms with Crippen molar-refractivity contribution >= 4 is 23.8 Å². The Morgan fingerprint density at radius 1 is 1.10 bits per heavy atom. The molecule has 2 N–H and O–H groups in total. The minimum atomic E-state index is -0.546. The maximum Gasteiger partial charge on any atom is 0.338 e. The molecule has 2 aromatic carbocycles. The van der Waals surface area contributed by atoms with Crippen LogP contribution in [0.4, 0.5) is 4.79 Å². The lowest BCUT2D eigenvalue weighted by Crippen LogP contribution is -2.46. The molecule has 5 nitrogen and oxygen atoms in total.